The number of piperidine rings is 1. The van der Waals surface area contributed by atoms with Crippen molar-refractivity contribution in [3.05, 3.63) is 18.3 Å². The summed E-state index contributed by atoms with van der Waals surface area (Å²) in [5.41, 5.74) is 5.33. The molecular formula is C15H22N4O3S. The summed E-state index contributed by atoms with van der Waals surface area (Å²) >= 11 is 0. The van der Waals surface area contributed by atoms with Gasteiger partial charge in [0, 0.05) is 38.3 Å². The number of anilines is 1. The number of sulfonamides is 1. The van der Waals surface area contributed by atoms with Crippen LogP contribution in [-0.2, 0) is 14.8 Å². The molecule has 7 nitrogen and oxygen atoms in total. The summed E-state index contributed by atoms with van der Waals surface area (Å²) in [5.74, 6) is 0.430. The monoisotopic (exact) mass is 338 g/mol. The van der Waals surface area contributed by atoms with E-state index in [1.807, 2.05) is 0 Å². The van der Waals surface area contributed by atoms with Gasteiger partial charge in [-0.2, -0.15) is 4.31 Å². The molecule has 0 bridgehead atoms. The van der Waals surface area contributed by atoms with Crippen LogP contribution in [0.1, 0.15) is 25.7 Å². The van der Waals surface area contributed by atoms with Crippen molar-refractivity contribution in [2.45, 2.75) is 30.6 Å². The normalized spacial score (nSPS) is 20.8. The van der Waals surface area contributed by atoms with Crippen LogP contribution in [0.5, 0.6) is 0 Å². The van der Waals surface area contributed by atoms with Gasteiger partial charge in [0.25, 0.3) is 0 Å². The lowest BCUT2D eigenvalue weighted by Gasteiger charge is -2.31. The first-order valence-electron chi connectivity index (χ1n) is 7.99. The first kappa shape index (κ1) is 16.2. The van der Waals surface area contributed by atoms with Gasteiger partial charge in [-0.25, -0.2) is 13.4 Å². The van der Waals surface area contributed by atoms with Crippen molar-refractivity contribution in [2.75, 3.05) is 31.1 Å². The Morgan fingerprint density at radius 1 is 1.13 bits per heavy atom. The lowest BCUT2D eigenvalue weighted by atomic mass is 9.96. The van der Waals surface area contributed by atoms with E-state index in [1.165, 1.54) is 10.5 Å². The summed E-state index contributed by atoms with van der Waals surface area (Å²) < 4.78 is 26.4. The standard InChI is InChI=1S/C15H22N4O3S/c16-15(20)12-5-9-18(10-6-12)14-4-3-13(11-17-14)23(21,22)19-7-1-2-8-19/h3-4,11-12H,1-2,5-10H2,(H2,16,20). The Hall–Kier alpha value is -1.67. The number of carbonyl (C=O) groups is 1. The van der Waals surface area contributed by atoms with Gasteiger partial charge in [-0.05, 0) is 37.8 Å². The Morgan fingerprint density at radius 2 is 1.78 bits per heavy atom. The number of amides is 1. The second kappa shape index (κ2) is 6.45. The van der Waals surface area contributed by atoms with Gasteiger partial charge in [0.15, 0.2) is 0 Å². The number of nitrogens with zero attached hydrogens (tertiary/aromatic N) is 3. The minimum atomic E-state index is -3.42. The molecule has 1 aromatic heterocycles. The van der Waals surface area contributed by atoms with Crippen molar-refractivity contribution in [2.24, 2.45) is 11.7 Å². The Kier molecular flexibility index (Phi) is 4.54. The smallest absolute Gasteiger partial charge is 0.244 e. The highest BCUT2D eigenvalue weighted by molar-refractivity contribution is 7.89. The summed E-state index contributed by atoms with van der Waals surface area (Å²) in [6.45, 7) is 2.59. The highest BCUT2D eigenvalue weighted by Gasteiger charge is 2.28. The summed E-state index contributed by atoms with van der Waals surface area (Å²) in [5, 5.41) is 0. The molecule has 1 amide bonds. The van der Waals surface area contributed by atoms with Crippen LogP contribution in [0.4, 0.5) is 5.82 Å². The van der Waals surface area contributed by atoms with E-state index < -0.39 is 10.0 Å². The average Bonchev–Trinajstić information content (AvgIpc) is 3.10. The minimum absolute atomic E-state index is 0.0685. The number of hydrogen-bond donors (Lipinski definition) is 1. The SMILES string of the molecule is NC(=O)C1CCN(c2ccc(S(=O)(=O)N3CCCC3)cn2)CC1. The molecule has 23 heavy (non-hydrogen) atoms. The Labute approximate surface area is 136 Å². The Balaban J connectivity index is 1.69. The zero-order valence-corrected chi connectivity index (χ0v) is 13.8. The van der Waals surface area contributed by atoms with Gasteiger partial charge in [0.05, 0.1) is 0 Å². The minimum Gasteiger partial charge on any atom is -0.369 e. The van der Waals surface area contributed by atoms with E-state index in [2.05, 4.69) is 9.88 Å². The number of carbonyl (C=O) groups excluding carboxylic acids is 1. The largest absolute Gasteiger partial charge is 0.369 e. The summed E-state index contributed by atoms with van der Waals surface area (Å²) in [7, 11) is -3.42. The quantitative estimate of drug-likeness (QED) is 0.865. The lowest BCUT2D eigenvalue weighted by molar-refractivity contribution is -0.122. The zero-order chi connectivity index (χ0) is 16.4. The van der Waals surface area contributed by atoms with Crippen LogP contribution >= 0.6 is 0 Å². The van der Waals surface area contributed by atoms with Crippen molar-refractivity contribution >= 4 is 21.7 Å². The number of primary amides is 1. The molecule has 0 spiro atoms. The number of nitrogens with two attached hydrogens (primary N) is 1. The highest BCUT2D eigenvalue weighted by Crippen LogP contribution is 2.24. The van der Waals surface area contributed by atoms with Crippen molar-refractivity contribution in [3.8, 4) is 0 Å². The van der Waals surface area contributed by atoms with E-state index >= 15 is 0 Å². The third-order valence-corrected chi connectivity index (χ3v) is 6.53. The fourth-order valence-corrected chi connectivity index (χ4v) is 4.65. The predicted molar refractivity (Wildman–Crippen MR) is 86.4 cm³/mol. The Morgan fingerprint density at radius 3 is 2.30 bits per heavy atom. The fraction of sp³-hybridized carbons (Fsp3) is 0.600. The van der Waals surface area contributed by atoms with Gasteiger partial charge in [-0.3, -0.25) is 4.79 Å². The van der Waals surface area contributed by atoms with E-state index in [0.717, 1.165) is 18.7 Å². The summed E-state index contributed by atoms with van der Waals surface area (Å²) in [4.78, 5) is 17.8. The zero-order valence-electron chi connectivity index (χ0n) is 13.0. The second-order valence-corrected chi connectivity index (χ2v) is 8.06. The van der Waals surface area contributed by atoms with Gasteiger partial charge in [0.1, 0.15) is 10.7 Å². The molecule has 0 saturated carbocycles. The molecule has 0 unspecified atom stereocenters. The molecular weight excluding hydrogens is 316 g/mol. The van der Waals surface area contributed by atoms with E-state index in [9.17, 15) is 13.2 Å². The van der Waals surface area contributed by atoms with Crippen LogP contribution in [-0.4, -0.2) is 49.8 Å². The number of hydrogen-bond acceptors (Lipinski definition) is 5. The second-order valence-electron chi connectivity index (χ2n) is 6.13. The fourth-order valence-electron chi connectivity index (χ4n) is 3.18. The molecule has 2 aliphatic heterocycles. The molecule has 2 saturated heterocycles. The first-order valence-corrected chi connectivity index (χ1v) is 9.43. The molecule has 2 fully saturated rings. The molecule has 0 aromatic carbocycles. The van der Waals surface area contributed by atoms with E-state index in [4.69, 9.17) is 5.73 Å². The van der Waals surface area contributed by atoms with E-state index in [-0.39, 0.29) is 16.7 Å². The van der Waals surface area contributed by atoms with Gasteiger partial charge in [-0.1, -0.05) is 0 Å². The topological polar surface area (TPSA) is 96.6 Å². The highest BCUT2D eigenvalue weighted by atomic mass is 32.2. The molecule has 0 radical (unpaired) electrons. The molecule has 2 N–H and O–H groups in total. The van der Waals surface area contributed by atoms with Crippen LogP contribution in [0, 0.1) is 5.92 Å². The summed E-state index contributed by atoms with van der Waals surface area (Å²) in [6.07, 6.45) is 4.69. The average molecular weight is 338 g/mol. The maximum Gasteiger partial charge on any atom is 0.244 e. The molecule has 3 rings (SSSR count). The molecule has 8 heteroatoms. The molecule has 1 aromatic rings. The molecule has 0 aliphatic carbocycles. The maximum atomic E-state index is 12.5. The first-order chi connectivity index (χ1) is 11.0. The van der Waals surface area contributed by atoms with Gasteiger partial charge in [0.2, 0.25) is 15.9 Å². The Bertz CT molecular complexity index is 660. The number of aromatic nitrogens is 1. The van der Waals surface area contributed by atoms with E-state index in [1.54, 1.807) is 12.1 Å². The molecule has 126 valence electrons. The lowest BCUT2D eigenvalue weighted by Crippen LogP contribution is -2.39. The van der Waals surface area contributed by atoms with Crippen LogP contribution in [0.15, 0.2) is 23.2 Å². The molecule has 3 heterocycles. The van der Waals surface area contributed by atoms with Crippen molar-refractivity contribution < 1.29 is 13.2 Å². The predicted octanol–water partition coefficient (Wildman–Crippen LogP) is 0.568. The third-order valence-electron chi connectivity index (χ3n) is 4.64. The number of pyridine rings is 1. The van der Waals surface area contributed by atoms with Gasteiger partial charge in [-0.15, -0.1) is 0 Å². The summed E-state index contributed by atoms with van der Waals surface area (Å²) in [6, 6.07) is 3.36. The van der Waals surface area contributed by atoms with E-state index in [0.29, 0.717) is 39.0 Å². The number of rotatable bonds is 4. The van der Waals surface area contributed by atoms with Crippen molar-refractivity contribution in [1.29, 1.82) is 0 Å². The van der Waals surface area contributed by atoms with Crippen LogP contribution in [0.25, 0.3) is 0 Å². The van der Waals surface area contributed by atoms with Crippen LogP contribution in [0.3, 0.4) is 0 Å². The maximum absolute atomic E-state index is 12.5. The van der Waals surface area contributed by atoms with Crippen LogP contribution < -0.4 is 10.6 Å². The van der Waals surface area contributed by atoms with Crippen molar-refractivity contribution in [1.82, 2.24) is 9.29 Å². The van der Waals surface area contributed by atoms with Gasteiger partial charge < -0.3 is 10.6 Å². The van der Waals surface area contributed by atoms with Gasteiger partial charge >= 0.3 is 0 Å². The molecule has 2 aliphatic rings. The third kappa shape index (κ3) is 3.32. The van der Waals surface area contributed by atoms with Crippen LogP contribution in [0.2, 0.25) is 0 Å². The van der Waals surface area contributed by atoms with Crippen molar-refractivity contribution in [3.63, 3.8) is 0 Å². The molecule has 0 atom stereocenters.